The topological polar surface area (TPSA) is 47.3 Å². The van der Waals surface area contributed by atoms with Crippen LogP contribution >= 0.6 is 15.9 Å². The fourth-order valence-corrected chi connectivity index (χ4v) is 2.20. The van der Waals surface area contributed by atoms with Crippen molar-refractivity contribution in [3.05, 3.63) is 28.2 Å². The van der Waals surface area contributed by atoms with Crippen molar-refractivity contribution in [2.45, 2.75) is 38.6 Å². The van der Waals surface area contributed by atoms with Gasteiger partial charge in [-0.05, 0) is 36.6 Å². The first kappa shape index (κ1) is 14.5. The van der Waals surface area contributed by atoms with Gasteiger partial charge in [-0.25, -0.2) is 0 Å². The van der Waals surface area contributed by atoms with Crippen LogP contribution in [0.15, 0.2) is 22.7 Å². The van der Waals surface area contributed by atoms with E-state index in [1.807, 2.05) is 12.1 Å². The number of methoxy groups -OCH3 is 1. The van der Waals surface area contributed by atoms with Crippen molar-refractivity contribution in [1.82, 2.24) is 5.43 Å². The van der Waals surface area contributed by atoms with Gasteiger partial charge in [-0.2, -0.15) is 0 Å². The number of rotatable bonds is 7. The average Bonchev–Trinajstić information content (AvgIpc) is 2.36. The Kier molecular flexibility index (Phi) is 6.55. The molecule has 0 fully saturated rings. The molecule has 0 aliphatic rings. The Morgan fingerprint density at radius 3 is 2.82 bits per heavy atom. The molecular weight excluding hydrogens is 280 g/mol. The number of halogens is 1. The van der Waals surface area contributed by atoms with Gasteiger partial charge in [0, 0.05) is 10.5 Å². The van der Waals surface area contributed by atoms with Crippen LogP contribution in [0.2, 0.25) is 0 Å². The first-order chi connectivity index (χ1) is 8.21. The molecule has 0 amide bonds. The van der Waals surface area contributed by atoms with E-state index in [1.165, 1.54) is 18.4 Å². The Labute approximate surface area is 112 Å². The van der Waals surface area contributed by atoms with Crippen LogP contribution in [0.5, 0.6) is 5.75 Å². The van der Waals surface area contributed by atoms with Crippen LogP contribution in [-0.4, -0.2) is 13.2 Å². The Balaban J connectivity index is 2.70. The van der Waals surface area contributed by atoms with Crippen LogP contribution in [0, 0.1) is 0 Å². The molecule has 3 N–H and O–H groups in total. The van der Waals surface area contributed by atoms with Crippen molar-refractivity contribution in [1.29, 1.82) is 0 Å². The summed E-state index contributed by atoms with van der Waals surface area (Å²) >= 11 is 3.56. The Bertz CT molecular complexity index is 344. The van der Waals surface area contributed by atoms with Gasteiger partial charge >= 0.3 is 0 Å². The molecule has 0 aliphatic heterocycles. The van der Waals surface area contributed by atoms with Crippen LogP contribution in [0.1, 0.15) is 31.7 Å². The van der Waals surface area contributed by atoms with E-state index >= 15 is 0 Å². The summed E-state index contributed by atoms with van der Waals surface area (Å²) < 4.78 is 6.34. The molecule has 1 aromatic rings. The quantitative estimate of drug-likeness (QED) is 0.601. The van der Waals surface area contributed by atoms with Gasteiger partial charge in [-0.15, -0.1) is 0 Å². The molecule has 1 unspecified atom stereocenters. The Morgan fingerprint density at radius 1 is 1.47 bits per heavy atom. The summed E-state index contributed by atoms with van der Waals surface area (Å²) in [6.45, 7) is 2.19. The molecule has 0 saturated carbocycles. The van der Waals surface area contributed by atoms with E-state index in [9.17, 15) is 0 Å². The van der Waals surface area contributed by atoms with Crippen molar-refractivity contribution in [2.24, 2.45) is 5.84 Å². The smallest absolute Gasteiger partial charge is 0.119 e. The maximum Gasteiger partial charge on any atom is 0.119 e. The van der Waals surface area contributed by atoms with E-state index in [0.717, 1.165) is 23.1 Å². The van der Waals surface area contributed by atoms with Crippen LogP contribution in [-0.2, 0) is 6.42 Å². The van der Waals surface area contributed by atoms with Gasteiger partial charge in [0.05, 0.1) is 7.11 Å². The van der Waals surface area contributed by atoms with E-state index in [1.54, 1.807) is 7.11 Å². The van der Waals surface area contributed by atoms with Gasteiger partial charge in [0.25, 0.3) is 0 Å². The molecule has 96 valence electrons. The number of ether oxygens (including phenoxy) is 1. The van der Waals surface area contributed by atoms with Gasteiger partial charge in [0.15, 0.2) is 0 Å². The summed E-state index contributed by atoms with van der Waals surface area (Å²) in [5.41, 5.74) is 4.11. The monoisotopic (exact) mass is 300 g/mol. The van der Waals surface area contributed by atoms with Gasteiger partial charge in [-0.1, -0.05) is 35.7 Å². The zero-order chi connectivity index (χ0) is 12.7. The number of nitrogens with one attached hydrogen (secondary N) is 1. The second-order valence-corrected chi connectivity index (χ2v) is 5.02. The summed E-state index contributed by atoms with van der Waals surface area (Å²) in [5.74, 6) is 6.47. The van der Waals surface area contributed by atoms with Crippen molar-refractivity contribution in [3.8, 4) is 5.75 Å². The van der Waals surface area contributed by atoms with E-state index in [-0.39, 0.29) is 0 Å². The van der Waals surface area contributed by atoms with Crippen LogP contribution < -0.4 is 16.0 Å². The van der Waals surface area contributed by atoms with Gasteiger partial charge in [-0.3, -0.25) is 11.3 Å². The highest BCUT2D eigenvalue weighted by Gasteiger charge is 2.10. The van der Waals surface area contributed by atoms with Crippen molar-refractivity contribution < 1.29 is 4.74 Å². The molecule has 1 rings (SSSR count). The Hall–Kier alpha value is -0.580. The predicted molar refractivity (Wildman–Crippen MR) is 75.0 cm³/mol. The van der Waals surface area contributed by atoms with Crippen molar-refractivity contribution in [2.75, 3.05) is 7.11 Å². The lowest BCUT2D eigenvalue weighted by atomic mass is 10.0. The van der Waals surface area contributed by atoms with Gasteiger partial charge in [0.1, 0.15) is 5.75 Å². The molecule has 0 spiro atoms. The zero-order valence-corrected chi connectivity index (χ0v) is 12.1. The zero-order valence-electron chi connectivity index (χ0n) is 10.5. The molecule has 17 heavy (non-hydrogen) atoms. The summed E-state index contributed by atoms with van der Waals surface area (Å²) in [6, 6.07) is 6.34. The minimum absolute atomic E-state index is 0.318. The predicted octanol–water partition coefficient (Wildman–Crippen LogP) is 3.02. The van der Waals surface area contributed by atoms with E-state index in [0.29, 0.717) is 6.04 Å². The molecule has 3 nitrogen and oxygen atoms in total. The maximum absolute atomic E-state index is 5.59. The molecule has 1 atom stereocenters. The number of nitrogens with two attached hydrogens (primary N) is 1. The standard InChI is InChI=1S/C13H21BrN2O/c1-3-4-5-11(16-15)8-10-9-12(17-2)6-7-13(10)14/h6-7,9,11,16H,3-5,8,15H2,1-2H3. The number of unbranched alkanes of at least 4 members (excludes halogenated alkanes) is 1. The van der Waals surface area contributed by atoms with E-state index < -0.39 is 0 Å². The first-order valence-corrected chi connectivity index (χ1v) is 6.79. The van der Waals surface area contributed by atoms with Crippen LogP contribution in [0.25, 0.3) is 0 Å². The molecule has 0 heterocycles. The number of hydrogen-bond donors (Lipinski definition) is 2. The lowest BCUT2D eigenvalue weighted by Crippen LogP contribution is -2.36. The third kappa shape index (κ3) is 4.66. The molecule has 0 bridgehead atoms. The number of hydrazine groups is 1. The molecule has 0 saturated heterocycles. The lowest BCUT2D eigenvalue weighted by Gasteiger charge is -2.17. The molecule has 0 aromatic heterocycles. The Morgan fingerprint density at radius 2 is 2.24 bits per heavy atom. The largest absolute Gasteiger partial charge is 0.497 e. The van der Waals surface area contributed by atoms with E-state index in [4.69, 9.17) is 10.6 Å². The molecule has 1 aromatic carbocycles. The van der Waals surface area contributed by atoms with Crippen LogP contribution in [0.4, 0.5) is 0 Å². The number of benzene rings is 1. The fourth-order valence-electron chi connectivity index (χ4n) is 1.79. The highest BCUT2D eigenvalue weighted by molar-refractivity contribution is 9.10. The highest BCUT2D eigenvalue weighted by atomic mass is 79.9. The summed E-state index contributed by atoms with van der Waals surface area (Å²) in [7, 11) is 1.68. The van der Waals surface area contributed by atoms with Crippen LogP contribution in [0.3, 0.4) is 0 Å². The molecular formula is C13H21BrN2O. The van der Waals surface area contributed by atoms with Gasteiger partial charge < -0.3 is 4.74 Å². The summed E-state index contributed by atoms with van der Waals surface area (Å²) in [4.78, 5) is 0. The normalized spacial score (nSPS) is 12.5. The molecule has 0 radical (unpaired) electrons. The minimum atomic E-state index is 0.318. The average molecular weight is 301 g/mol. The second kappa shape index (κ2) is 7.69. The molecule has 0 aliphatic carbocycles. The first-order valence-electron chi connectivity index (χ1n) is 5.99. The summed E-state index contributed by atoms with van der Waals surface area (Å²) in [5, 5.41) is 0. The second-order valence-electron chi connectivity index (χ2n) is 4.17. The van der Waals surface area contributed by atoms with Crippen molar-refractivity contribution in [3.63, 3.8) is 0 Å². The van der Waals surface area contributed by atoms with Gasteiger partial charge in [0.2, 0.25) is 0 Å². The SMILES string of the molecule is CCCCC(Cc1cc(OC)ccc1Br)NN. The fraction of sp³-hybridized carbons (Fsp3) is 0.538. The lowest BCUT2D eigenvalue weighted by molar-refractivity contribution is 0.413. The molecule has 4 heteroatoms. The highest BCUT2D eigenvalue weighted by Crippen LogP contribution is 2.24. The van der Waals surface area contributed by atoms with E-state index in [2.05, 4.69) is 34.3 Å². The summed E-state index contributed by atoms with van der Waals surface area (Å²) in [6.07, 6.45) is 4.39. The van der Waals surface area contributed by atoms with Crippen molar-refractivity contribution >= 4 is 15.9 Å². The number of hydrogen-bond acceptors (Lipinski definition) is 3. The third-order valence-electron chi connectivity index (χ3n) is 2.86. The third-order valence-corrected chi connectivity index (χ3v) is 3.63. The maximum atomic E-state index is 5.59. The minimum Gasteiger partial charge on any atom is -0.497 e.